The van der Waals surface area contributed by atoms with E-state index in [-0.39, 0.29) is 5.56 Å². The molecule has 10 heteroatoms. The van der Waals surface area contributed by atoms with Crippen LogP contribution in [0.25, 0.3) is 0 Å². The Balaban J connectivity index is 2.48. The number of hydrazone groups is 1. The van der Waals surface area contributed by atoms with E-state index in [1.54, 1.807) is 0 Å². The van der Waals surface area contributed by atoms with Crippen molar-refractivity contribution in [3.63, 3.8) is 0 Å². The van der Waals surface area contributed by atoms with Crippen LogP contribution in [0.2, 0.25) is 0 Å². The Morgan fingerprint density at radius 3 is 2.14 bits per heavy atom. The summed E-state index contributed by atoms with van der Waals surface area (Å²) in [6, 6.07) is 6.27. The van der Waals surface area contributed by atoms with Crippen molar-refractivity contribution in [2.24, 2.45) is 5.10 Å². The van der Waals surface area contributed by atoms with E-state index in [0.29, 0.717) is 0 Å². The van der Waals surface area contributed by atoms with Gasteiger partial charge in [-0.1, -0.05) is 18.2 Å². The normalized spacial score (nSPS) is 22.7. The molecule has 120 valence electrons. The summed E-state index contributed by atoms with van der Waals surface area (Å²) in [6.45, 7) is 0. The predicted octanol–water partition coefficient (Wildman–Crippen LogP) is 2.70. The fourth-order valence-electron chi connectivity index (χ4n) is 1.84. The summed E-state index contributed by atoms with van der Waals surface area (Å²) in [4.78, 5) is 12.0. The zero-order valence-corrected chi connectivity index (χ0v) is 10.6. The number of rotatable bonds is 1. The SMILES string of the molecule is O=C(c1ccccc1)N1N=C(C(F)(F)F)C[C@]1(O)C(F)(F)F. The van der Waals surface area contributed by atoms with Crippen molar-refractivity contribution in [1.82, 2.24) is 5.01 Å². The van der Waals surface area contributed by atoms with Gasteiger partial charge in [0.1, 0.15) is 5.71 Å². The second-order valence-corrected chi connectivity index (χ2v) is 4.52. The van der Waals surface area contributed by atoms with Gasteiger partial charge in [0.15, 0.2) is 0 Å². The minimum Gasteiger partial charge on any atom is -0.362 e. The fourth-order valence-corrected chi connectivity index (χ4v) is 1.84. The molecule has 2 rings (SSSR count). The number of amides is 1. The molecule has 1 aromatic rings. The Hall–Kier alpha value is -2.10. The largest absolute Gasteiger partial charge is 0.438 e. The molecule has 1 aromatic carbocycles. The van der Waals surface area contributed by atoms with E-state index >= 15 is 0 Å². The van der Waals surface area contributed by atoms with Crippen molar-refractivity contribution >= 4 is 11.6 Å². The molecule has 22 heavy (non-hydrogen) atoms. The Labute approximate surface area is 119 Å². The van der Waals surface area contributed by atoms with Crippen LogP contribution in [0.3, 0.4) is 0 Å². The summed E-state index contributed by atoms with van der Waals surface area (Å²) < 4.78 is 76.6. The topological polar surface area (TPSA) is 52.9 Å². The summed E-state index contributed by atoms with van der Waals surface area (Å²) in [7, 11) is 0. The first kappa shape index (κ1) is 16.3. The summed E-state index contributed by atoms with van der Waals surface area (Å²) in [5, 5.41) is 11.7. The zero-order chi connectivity index (χ0) is 16.8. The van der Waals surface area contributed by atoms with Gasteiger partial charge in [0, 0.05) is 5.56 Å². The van der Waals surface area contributed by atoms with E-state index < -0.39 is 41.1 Å². The lowest BCUT2D eigenvalue weighted by Crippen LogP contribution is -2.56. The van der Waals surface area contributed by atoms with Gasteiger partial charge in [0.05, 0.1) is 6.42 Å². The molecule has 0 saturated carbocycles. The van der Waals surface area contributed by atoms with E-state index in [2.05, 4.69) is 5.10 Å². The van der Waals surface area contributed by atoms with Gasteiger partial charge in [0.25, 0.3) is 11.6 Å². The lowest BCUT2D eigenvalue weighted by Gasteiger charge is -2.32. The van der Waals surface area contributed by atoms with Gasteiger partial charge >= 0.3 is 12.4 Å². The fraction of sp³-hybridized carbons (Fsp3) is 0.333. The van der Waals surface area contributed by atoms with E-state index in [0.717, 1.165) is 12.1 Å². The maximum absolute atomic E-state index is 12.9. The van der Waals surface area contributed by atoms with Crippen LogP contribution >= 0.6 is 0 Å². The van der Waals surface area contributed by atoms with Crippen LogP contribution in [-0.2, 0) is 0 Å². The van der Waals surface area contributed by atoms with Crippen LogP contribution < -0.4 is 0 Å². The molecule has 0 bridgehead atoms. The molecule has 4 nitrogen and oxygen atoms in total. The average Bonchev–Trinajstić information content (AvgIpc) is 2.78. The highest BCUT2D eigenvalue weighted by molar-refractivity contribution is 5.99. The molecule has 1 aliphatic heterocycles. The van der Waals surface area contributed by atoms with Crippen LogP contribution in [0.5, 0.6) is 0 Å². The lowest BCUT2D eigenvalue weighted by molar-refractivity contribution is -0.297. The van der Waals surface area contributed by atoms with Gasteiger partial charge in [-0.25, -0.2) is 0 Å². The molecule has 1 heterocycles. The molecule has 1 amide bonds. The molecule has 0 spiro atoms. The number of nitrogens with zero attached hydrogens (tertiary/aromatic N) is 2. The Bertz CT molecular complexity index is 610. The molecule has 1 aliphatic rings. The van der Waals surface area contributed by atoms with Crippen molar-refractivity contribution < 1.29 is 36.2 Å². The second-order valence-electron chi connectivity index (χ2n) is 4.52. The molecular formula is C12H8F6N2O2. The molecule has 1 atom stereocenters. The monoisotopic (exact) mass is 326 g/mol. The number of hydrogen-bond donors (Lipinski definition) is 1. The molecule has 0 aromatic heterocycles. The summed E-state index contributed by atoms with van der Waals surface area (Å²) in [5.41, 5.74) is -6.25. The van der Waals surface area contributed by atoms with E-state index in [1.165, 1.54) is 18.2 Å². The maximum Gasteiger partial charge on any atom is 0.438 e. The molecule has 0 fully saturated rings. The first-order valence-electron chi connectivity index (χ1n) is 5.80. The standard InChI is InChI=1S/C12H8F6N2O2/c13-11(14,15)8-6-10(22,12(16,17)18)20(19-8)9(21)7-4-2-1-3-5-7/h1-5,22H,6H2/t10-/m0/s1. The van der Waals surface area contributed by atoms with Crippen molar-refractivity contribution in [3.8, 4) is 0 Å². The third kappa shape index (κ3) is 2.65. The third-order valence-electron chi connectivity index (χ3n) is 2.98. The molecule has 1 N–H and O–H groups in total. The van der Waals surface area contributed by atoms with Gasteiger partial charge in [-0.2, -0.15) is 36.5 Å². The van der Waals surface area contributed by atoms with E-state index in [1.807, 2.05) is 0 Å². The number of carbonyl (C=O) groups excluding carboxylic acids is 1. The van der Waals surface area contributed by atoms with Gasteiger partial charge in [-0.15, -0.1) is 0 Å². The Morgan fingerprint density at radius 2 is 1.68 bits per heavy atom. The minimum absolute atomic E-state index is 0.336. The summed E-state index contributed by atoms with van der Waals surface area (Å²) >= 11 is 0. The number of carbonyl (C=O) groups is 1. The first-order valence-corrected chi connectivity index (χ1v) is 5.80. The molecule has 0 radical (unpaired) electrons. The van der Waals surface area contributed by atoms with E-state index in [9.17, 15) is 36.2 Å². The second kappa shape index (κ2) is 4.97. The van der Waals surface area contributed by atoms with Crippen LogP contribution in [0.15, 0.2) is 35.4 Å². The molecule has 0 unspecified atom stereocenters. The number of halogens is 6. The number of hydrogen-bond acceptors (Lipinski definition) is 3. The number of aliphatic hydroxyl groups is 1. The van der Waals surface area contributed by atoms with Crippen molar-refractivity contribution in [2.75, 3.05) is 0 Å². The highest BCUT2D eigenvalue weighted by Crippen LogP contribution is 2.43. The van der Waals surface area contributed by atoms with Crippen molar-refractivity contribution in [3.05, 3.63) is 35.9 Å². The summed E-state index contributed by atoms with van der Waals surface area (Å²) in [5.74, 6) is -1.49. The quantitative estimate of drug-likeness (QED) is 0.807. The smallest absolute Gasteiger partial charge is 0.362 e. The molecule has 0 saturated heterocycles. The maximum atomic E-state index is 12.9. The zero-order valence-electron chi connectivity index (χ0n) is 10.6. The van der Waals surface area contributed by atoms with Gasteiger partial charge in [0.2, 0.25) is 0 Å². The number of alkyl halides is 6. The highest BCUT2D eigenvalue weighted by atomic mass is 19.4. The first-order chi connectivity index (χ1) is 9.97. The molecular weight excluding hydrogens is 318 g/mol. The predicted molar refractivity (Wildman–Crippen MR) is 61.7 cm³/mol. The summed E-state index contributed by atoms with van der Waals surface area (Å²) in [6.07, 6.45) is -12.6. The van der Waals surface area contributed by atoms with Crippen LogP contribution in [-0.4, -0.2) is 39.8 Å². The average molecular weight is 326 g/mol. The van der Waals surface area contributed by atoms with Crippen LogP contribution in [0.1, 0.15) is 16.8 Å². The third-order valence-corrected chi connectivity index (χ3v) is 2.98. The van der Waals surface area contributed by atoms with Crippen molar-refractivity contribution in [2.45, 2.75) is 24.5 Å². The Kier molecular flexibility index (Phi) is 3.68. The number of benzene rings is 1. The minimum atomic E-state index is -5.51. The highest BCUT2D eigenvalue weighted by Gasteiger charge is 2.66. The Morgan fingerprint density at radius 1 is 1.14 bits per heavy atom. The van der Waals surface area contributed by atoms with E-state index in [4.69, 9.17) is 0 Å². The lowest BCUT2D eigenvalue weighted by atomic mass is 10.1. The van der Waals surface area contributed by atoms with Crippen LogP contribution in [0.4, 0.5) is 26.3 Å². The van der Waals surface area contributed by atoms with Crippen molar-refractivity contribution in [1.29, 1.82) is 0 Å². The molecule has 0 aliphatic carbocycles. The van der Waals surface area contributed by atoms with Gasteiger partial charge in [-0.05, 0) is 12.1 Å². The van der Waals surface area contributed by atoms with Gasteiger partial charge < -0.3 is 5.11 Å². The van der Waals surface area contributed by atoms with Gasteiger partial charge in [-0.3, -0.25) is 4.79 Å². The van der Waals surface area contributed by atoms with Crippen LogP contribution in [0, 0.1) is 0 Å².